The quantitative estimate of drug-likeness (QED) is 0.805. The molecular weight excluding hydrogens is 214 g/mol. The number of hydrogen-bond donors (Lipinski definition) is 1. The van der Waals surface area contributed by atoms with Crippen molar-refractivity contribution in [2.24, 2.45) is 5.73 Å². The van der Waals surface area contributed by atoms with E-state index < -0.39 is 5.54 Å². The van der Waals surface area contributed by atoms with Gasteiger partial charge < -0.3 is 10.5 Å². The van der Waals surface area contributed by atoms with Crippen molar-refractivity contribution < 1.29 is 9.53 Å². The van der Waals surface area contributed by atoms with Crippen molar-refractivity contribution in [1.82, 2.24) is 0 Å². The van der Waals surface area contributed by atoms with E-state index in [2.05, 4.69) is 4.74 Å². The average Bonchev–Trinajstić information content (AvgIpc) is 2.17. The molecule has 1 rings (SSSR count). The van der Waals surface area contributed by atoms with Crippen LogP contribution in [0.5, 0.6) is 0 Å². The predicted molar refractivity (Wildman–Crippen MR) is 59.6 cm³/mol. The van der Waals surface area contributed by atoms with E-state index in [4.69, 9.17) is 17.3 Å². The molecule has 4 heteroatoms. The minimum Gasteiger partial charge on any atom is -0.469 e. The fraction of sp³-hybridized carbons (Fsp3) is 0.364. The molecule has 0 spiro atoms. The van der Waals surface area contributed by atoms with Gasteiger partial charge in [0.1, 0.15) is 0 Å². The van der Waals surface area contributed by atoms with Crippen molar-refractivity contribution in [1.29, 1.82) is 0 Å². The molecule has 3 nitrogen and oxygen atoms in total. The Kier molecular flexibility index (Phi) is 3.72. The second-order valence-corrected chi connectivity index (χ2v) is 4.06. The van der Waals surface area contributed by atoms with Crippen LogP contribution in [0.2, 0.25) is 5.02 Å². The van der Waals surface area contributed by atoms with Gasteiger partial charge in [-0.15, -0.1) is 0 Å². The average molecular weight is 228 g/mol. The van der Waals surface area contributed by atoms with Crippen LogP contribution in [0.4, 0.5) is 0 Å². The molecule has 0 heterocycles. The number of nitrogens with two attached hydrogens (primary N) is 1. The summed E-state index contributed by atoms with van der Waals surface area (Å²) in [7, 11) is 1.34. The maximum Gasteiger partial charge on any atom is 0.307 e. The van der Waals surface area contributed by atoms with Crippen LogP contribution in [-0.4, -0.2) is 13.1 Å². The second kappa shape index (κ2) is 4.64. The van der Waals surface area contributed by atoms with Gasteiger partial charge in [-0.25, -0.2) is 0 Å². The third-order valence-electron chi connectivity index (χ3n) is 2.23. The highest BCUT2D eigenvalue weighted by atomic mass is 35.5. The van der Waals surface area contributed by atoms with Crippen molar-refractivity contribution >= 4 is 17.6 Å². The van der Waals surface area contributed by atoms with E-state index in [1.54, 1.807) is 13.0 Å². The third kappa shape index (κ3) is 2.94. The molecule has 0 aliphatic rings. The third-order valence-corrected chi connectivity index (χ3v) is 2.56. The van der Waals surface area contributed by atoms with E-state index in [0.717, 1.165) is 5.56 Å². The van der Waals surface area contributed by atoms with Gasteiger partial charge in [-0.1, -0.05) is 29.8 Å². The van der Waals surface area contributed by atoms with E-state index in [0.29, 0.717) is 5.02 Å². The lowest BCUT2D eigenvalue weighted by molar-refractivity contribution is -0.141. The molecule has 1 atom stereocenters. The zero-order valence-corrected chi connectivity index (χ0v) is 9.54. The molecule has 0 aliphatic heterocycles. The highest BCUT2D eigenvalue weighted by Crippen LogP contribution is 2.28. The summed E-state index contributed by atoms with van der Waals surface area (Å²) in [6, 6.07) is 7.22. The summed E-state index contributed by atoms with van der Waals surface area (Å²) in [5, 5.41) is 0.561. The lowest BCUT2D eigenvalue weighted by atomic mass is 9.90. The molecule has 0 aromatic heterocycles. The topological polar surface area (TPSA) is 52.3 Å². The predicted octanol–water partition coefficient (Wildman–Crippen LogP) is 2.08. The molecule has 1 aromatic rings. The lowest BCUT2D eigenvalue weighted by Gasteiger charge is -2.24. The highest BCUT2D eigenvalue weighted by molar-refractivity contribution is 6.31. The van der Waals surface area contributed by atoms with Gasteiger partial charge in [-0.2, -0.15) is 0 Å². The fourth-order valence-corrected chi connectivity index (χ4v) is 1.74. The number of halogens is 1. The fourth-order valence-electron chi connectivity index (χ4n) is 1.39. The molecule has 0 bridgehead atoms. The Morgan fingerprint density at radius 2 is 2.13 bits per heavy atom. The molecule has 1 aromatic carbocycles. The minimum atomic E-state index is -0.800. The Morgan fingerprint density at radius 3 is 2.67 bits per heavy atom. The summed E-state index contributed by atoms with van der Waals surface area (Å²) in [6.07, 6.45) is 0.104. The number of esters is 1. The summed E-state index contributed by atoms with van der Waals surface area (Å²) >= 11 is 6.00. The van der Waals surface area contributed by atoms with Crippen LogP contribution in [0.1, 0.15) is 18.9 Å². The van der Waals surface area contributed by atoms with Gasteiger partial charge in [0.05, 0.1) is 19.1 Å². The van der Waals surface area contributed by atoms with Crippen LogP contribution in [0.25, 0.3) is 0 Å². The van der Waals surface area contributed by atoms with E-state index in [1.165, 1.54) is 7.11 Å². The molecule has 0 amide bonds. The number of carbonyl (C=O) groups is 1. The SMILES string of the molecule is COC(=O)C[C@](C)(N)c1ccccc1Cl. The Morgan fingerprint density at radius 1 is 1.53 bits per heavy atom. The van der Waals surface area contributed by atoms with Gasteiger partial charge in [0.25, 0.3) is 0 Å². The smallest absolute Gasteiger partial charge is 0.307 e. The summed E-state index contributed by atoms with van der Waals surface area (Å²) in [5.74, 6) is -0.347. The van der Waals surface area contributed by atoms with Crippen LogP contribution in [-0.2, 0) is 15.1 Å². The molecule has 0 radical (unpaired) electrons. The first-order valence-corrected chi connectivity index (χ1v) is 4.96. The van der Waals surface area contributed by atoms with Crippen LogP contribution >= 0.6 is 11.6 Å². The Balaban J connectivity index is 2.95. The Bertz CT molecular complexity index is 363. The monoisotopic (exact) mass is 227 g/mol. The second-order valence-electron chi connectivity index (χ2n) is 3.65. The van der Waals surface area contributed by atoms with Gasteiger partial charge in [-0.3, -0.25) is 4.79 Å². The summed E-state index contributed by atoms with van der Waals surface area (Å²) < 4.78 is 4.59. The molecule has 82 valence electrons. The lowest BCUT2D eigenvalue weighted by Crippen LogP contribution is -2.36. The molecule has 0 aliphatic carbocycles. The minimum absolute atomic E-state index is 0.104. The van der Waals surface area contributed by atoms with Crippen molar-refractivity contribution in [3.05, 3.63) is 34.9 Å². The van der Waals surface area contributed by atoms with E-state index >= 15 is 0 Å². The first-order valence-electron chi connectivity index (χ1n) is 4.58. The highest BCUT2D eigenvalue weighted by Gasteiger charge is 2.27. The van der Waals surface area contributed by atoms with Crippen molar-refractivity contribution in [3.8, 4) is 0 Å². The van der Waals surface area contributed by atoms with Crippen LogP contribution in [0.15, 0.2) is 24.3 Å². The Hall–Kier alpha value is -1.06. The van der Waals surface area contributed by atoms with Crippen molar-refractivity contribution in [3.63, 3.8) is 0 Å². The Labute approximate surface area is 94.2 Å². The number of methoxy groups -OCH3 is 1. The van der Waals surface area contributed by atoms with Crippen LogP contribution < -0.4 is 5.73 Å². The molecule has 0 unspecified atom stereocenters. The molecule has 2 N–H and O–H groups in total. The number of benzene rings is 1. The van der Waals surface area contributed by atoms with Crippen molar-refractivity contribution in [2.45, 2.75) is 18.9 Å². The van der Waals surface area contributed by atoms with Crippen LogP contribution in [0, 0.1) is 0 Å². The maximum atomic E-state index is 11.2. The van der Waals surface area contributed by atoms with Gasteiger partial charge in [0.15, 0.2) is 0 Å². The van der Waals surface area contributed by atoms with Gasteiger partial charge in [0.2, 0.25) is 0 Å². The van der Waals surface area contributed by atoms with E-state index in [1.807, 2.05) is 18.2 Å². The summed E-state index contributed by atoms with van der Waals surface area (Å²) in [6.45, 7) is 1.76. The zero-order chi connectivity index (χ0) is 11.5. The first kappa shape index (κ1) is 12.0. The number of hydrogen-bond acceptors (Lipinski definition) is 3. The van der Waals surface area contributed by atoms with Gasteiger partial charge in [-0.05, 0) is 18.6 Å². The molecular formula is C11H14ClNO2. The number of carbonyl (C=O) groups excluding carboxylic acids is 1. The van der Waals surface area contributed by atoms with E-state index in [9.17, 15) is 4.79 Å². The molecule has 0 saturated heterocycles. The van der Waals surface area contributed by atoms with E-state index in [-0.39, 0.29) is 12.4 Å². The standard InChI is InChI=1S/C11H14ClNO2/c1-11(13,7-10(14)15-2)8-5-3-4-6-9(8)12/h3-6H,7,13H2,1-2H3/t11-/m0/s1. The van der Waals surface area contributed by atoms with Gasteiger partial charge in [0, 0.05) is 5.02 Å². The molecule has 0 saturated carbocycles. The largest absolute Gasteiger partial charge is 0.469 e. The number of rotatable bonds is 3. The van der Waals surface area contributed by atoms with Gasteiger partial charge >= 0.3 is 5.97 Å². The molecule has 0 fully saturated rings. The number of ether oxygens (including phenoxy) is 1. The summed E-state index contributed by atoms with van der Waals surface area (Å²) in [5.41, 5.74) is 5.98. The van der Waals surface area contributed by atoms with Crippen LogP contribution in [0.3, 0.4) is 0 Å². The normalized spacial score (nSPS) is 14.4. The zero-order valence-electron chi connectivity index (χ0n) is 8.79. The first-order chi connectivity index (χ1) is 6.97. The maximum absolute atomic E-state index is 11.2. The van der Waals surface area contributed by atoms with Crippen molar-refractivity contribution in [2.75, 3.05) is 7.11 Å². The molecule has 15 heavy (non-hydrogen) atoms. The summed E-state index contributed by atoms with van der Waals surface area (Å²) in [4.78, 5) is 11.2.